The van der Waals surface area contributed by atoms with Gasteiger partial charge in [-0.3, -0.25) is 14.4 Å². The van der Waals surface area contributed by atoms with Gasteiger partial charge in [0.15, 0.2) is 6.61 Å². The lowest BCUT2D eigenvalue weighted by Gasteiger charge is -2.11. The van der Waals surface area contributed by atoms with Gasteiger partial charge in [0.2, 0.25) is 5.91 Å². The van der Waals surface area contributed by atoms with Crippen LogP contribution in [0.5, 0.6) is 0 Å². The molecule has 1 fully saturated rings. The summed E-state index contributed by atoms with van der Waals surface area (Å²) in [4.78, 5) is 34.3. The minimum atomic E-state index is -0.477. The zero-order valence-corrected chi connectivity index (χ0v) is 13.7. The summed E-state index contributed by atoms with van der Waals surface area (Å²) in [5, 5.41) is 5.33. The minimum Gasteiger partial charge on any atom is -0.455 e. The van der Waals surface area contributed by atoms with E-state index in [0.29, 0.717) is 12.2 Å². The molecule has 1 atom stereocenters. The summed E-state index contributed by atoms with van der Waals surface area (Å²) in [6, 6.07) is 6.87. The van der Waals surface area contributed by atoms with Crippen LogP contribution in [0.2, 0.25) is 0 Å². The Labute approximate surface area is 140 Å². The highest BCUT2D eigenvalue weighted by molar-refractivity contribution is 5.88. The Bertz CT molecular complexity index is 579. The molecule has 0 spiro atoms. The first-order chi connectivity index (χ1) is 11.5. The Kier molecular flexibility index (Phi) is 6.74. The number of carbonyl (C=O) groups excluding carboxylic acids is 3. The Morgan fingerprint density at radius 1 is 1.25 bits per heavy atom. The highest BCUT2D eigenvalue weighted by Gasteiger charge is 2.16. The van der Waals surface area contributed by atoms with Crippen LogP contribution >= 0.6 is 0 Å². The van der Waals surface area contributed by atoms with E-state index in [9.17, 15) is 14.4 Å². The summed E-state index contributed by atoms with van der Waals surface area (Å²) in [5.74, 6) is -0.967. The fraction of sp³-hybridized carbons (Fsp3) is 0.471. The molecule has 0 radical (unpaired) electrons. The standard InChI is InChI=1S/C17H22N2O5/c1-12(20)19-14-6-4-13(5-7-14)9-17(22)24-11-16(21)18-10-15-3-2-8-23-15/h4-7,15H,2-3,8-11H2,1H3,(H,18,21)(H,19,20)/t15-/m1/s1. The van der Waals surface area contributed by atoms with Gasteiger partial charge in [0.25, 0.3) is 5.91 Å². The molecule has 0 aliphatic carbocycles. The molecule has 0 unspecified atom stereocenters. The monoisotopic (exact) mass is 334 g/mol. The Hall–Kier alpha value is -2.41. The molecule has 7 heteroatoms. The summed E-state index contributed by atoms with van der Waals surface area (Å²) in [6.07, 6.45) is 2.08. The Morgan fingerprint density at radius 2 is 2.00 bits per heavy atom. The van der Waals surface area contributed by atoms with E-state index in [1.54, 1.807) is 24.3 Å². The molecular formula is C17H22N2O5. The van der Waals surface area contributed by atoms with E-state index in [1.807, 2.05) is 0 Å². The topological polar surface area (TPSA) is 93.7 Å². The number of amides is 2. The number of esters is 1. The molecule has 24 heavy (non-hydrogen) atoms. The van der Waals surface area contributed by atoms with Crippen LogP contribution in [-0.2, 0) is 30.3 Å². The van der Waals surface area contributed by atoms with Gasteiger partial charge >= 0.3 is 5.97 Å². The van der Waals surface area contributed by atoms with Crippen molar-refractivity contribution in [3.8, 4) is 0 Å². The minimum absolute atomic E-state index is 0.0618. The third-order valence-electron chi connectivity index (χ3n) is 3.54. The van der Waals surface area contributed by atoms with Crippen LogP contribution in [-0.4, -0.2) is 43.6 Å². The quantitative estimate of drug-likeness (QED) is 0.726. The zero-order valence-electron chi connectivity index (χ0n) is 13.7. The number of ether oxygens (including phenoxy) is 2. The van der Waals surface area contributed by atoms with Crippen LogP contribution in [0.4, 0.5) is 5.69 Å². The molecule has 2 rings (SSSR count). The van der Waals surface area contributed by atoms with Crippen LogP contribution in [0.1, 0.15) is 25.3 Å². The molecule has 1 aromatic carbocycles. The van der Waals surface area contributed by atoms with Gasteiger partial charge in [-0.1, -0.05) is 12.1 Å². The van der Waals surface area contributed by atoms with E-state index in [1.165, 1.54) is 6.92 Å². The molecule has 1 saturated heterocycles. The maximum Gasteiger partial charge on any atom is 0.310 e. The van der Waals surface area contributed by atoms with Crippen LogP contribution in [0.3, 0.4) is 0 Å². The molecule has 0 bridgehead atoms. The van der Waals surface area contributed by atoms with Crippen molar-refractivity contribution in [1.82, 2.24) is 5.32 Å². The number of rotatable bonds is 7. The number of carbonyl (C=O) groups is 3. The van der Waals surface area contributed by atoms with Crippen molar-refractivity contribution in [3.05, 3.63) is 29.8 Å². The first-order valence-corrected chi connectivity index (χ1v) is 7.93. The van der Waals surface area contributed by atoms with Crippen molar-refractivity contribution < 1.29 is 23.9 Å². The molecule has 130 valence electrons. The van der Waals surface area contributed by atoms with Crippen LogP contribution in [0, 0.1) is 0 Å². The van der Waals surface area contributed by atoms with E-state index in [-0.39, 0.29) is 30.9 Å². The number of anilines is 1. The maximum atomic E-state index is 11.7. The Morgan fingerprint density at radius 3 is 2.62 bits per heavy atom. The number of benzene rings is 1. The van der Waals surface area contributed by atoms with E-state index < -0.39 is 5.97 Å². The zero-order chi connectivity index (χ0) is 17.4. The lowest BCUT2D eigenvalue weighted by Crippen LogP contribution is -2.35. The molecule has 7 nitrogen and oxygen atoms in total. The summed E-state index contributed by atoms with van der Waals surface area (Å²) >= 11 is 0. The highest BCUT2D eigenvalue weighted by Crippen LogP contribution is 2.11. The first-order valence-electron chi connectivity index (χ1n) is 7.93. The number of nitrogens with one attached hydrogen (secondary N) is 2. The molecule has 0 aromatic heterocycles. The summed E-state index contributed by atoms with van der Waals surface area (Å²) in [7, 11) is 0. The molecule has 0 saturated carbocycles. The second-order valence-corrected chi connectivity index (χ2v) is 5.65. The van der Waals surface area contributed by atoms with Crippen molar-refractivity contribution >= 4 is 23.5 Å². The predicted octanol–water partition coefficient (Wildman–Crippen LogP) is 1.03. The average molecular weight is 334 g/mol. The van der Waals surface area contributed by atoms with E-state index >= 15 is 0 Å². The average Bonchev–Trinajstić information content (AvgIpc) is 3.06. The lowest BCUT2D eigenvalue weighted by atomic mass is 10.1. The molecule has 1 aliphatic rings. The smallest absolute Gasteiger partial charge is 0.310 e. The Balaban J connectivity index is 1.66. The van der Waals surface area contributed by atoms with Crippen molar-refractivity contribution in [3.63, 3.8) is 0 Å². The largest absolute Gasteiger partial charge is 0.455 e. The van der Waals surface area contributed by atoms with Gasteiger partial charge in [-0.2, -0.15) is 0 Å². The molecular weight excluding hydrogens is 312 g/mol. The van der Waals surface area contributed by atoms with E-state index in [0.717, 1.165) is 25.0 Å². The van der Waals surface area contributed by atoms with Gasteiger partial charge in [-0.05, 0) is 30.5 Å². The molecule has 2 amide bonds. The second-order valence-electron chi connectivity index (χ2n) is 5.65. The number of hydrogen-bond acceptors (Lipinski definition) is 5. The SMILES string of the molecule is CC(=O)Nc1ccc(CC(=O)OCC(=O)NC[C@H]2CCCO2)cc1. The summed E-state index contributed by atoms with van der Waals surface area (Å²) in [6.45, 7) is 2.31. The van der Waals surface area contributed by atoms with Crippen molar-refractivity contribution in [2.75, 3.05) is 25.1 Å². The summed E-state index contributed by atoms with van der Waals surface area (Å²) in [5.41, 5.74) is 1.40. The maximum absolute atomic E-state index is 11.7. The van der Waals surface area contributed by atoms with Crippen LogP contribution in [0.15, 0.2) is 24.3 Å². The van der Waals surface area contributed by atoms with Gasteiger partial charge in [0, 0.05) is 25.8 Å². The molecule has 1 aliphatic heterocycles. The first kappa shape index (κ1) is 17.9. The van der Waals surface area contributed by atoms with Crippen molar-refractivity contribution in [1.29, 1.82) is 0 Å². The van der Waals surface area contributed by atoms with Gasteiger partial charge in [-0.15, -0.1) is 0 Å². The third kappa shape index (κ3) is 6.37. The van der Waals surface area contributed by atoms with Crippen LogP contribution in [0.25, 0.3) is 0 Å². The van der Waals surface area contributed by atoms with E-state index in [2.05, 4.69) is 10.6 Å². The van der Waals surface area contributed by atoms with Crippen molar-refractivity contribution in [2.24, 2.45) is 0 Å². The summed E-state index contributed by atoms with van der Waals surface area (Å²) < 4.78 is 10.3. The third-order valence-corrected chi connectivity index (χ3v) is 3.54. The highest BCUT2D eigenvalue weighted by atomic mass is 16.5. The van der Waals surface area contributed by atoms with Gasteiger partial charge < -0.3 is 20.1 Å². The normalized spacial score (nSPS) is 16.5. The molecule has 2 N–H and O–H groups in total. The predicted molar refractivity (Wildman–Crippen MR) is 87.4 cm³/mol. The molecule has 1 heterocycles. The van der Waals surface area contributed by atoms with Gasteiger partial charge in [-0.25, -0.2) is 0 Å². The van der Waals surface area contributed by atoms with E-state index in [4.69, 9.17) is 9.47 Å². The number of hydrogen-bond donors (Lipinski definition) is 2. The fourth-order valence-electron chi connectivity index (χ4n) is 2.36. The van der Waals surface area contributed by atoms with Gasteiger partial charge in [0.1, 0.15) is 0 Å². The van der Waals surface area contributed by atoms with Crippen LogP contribution < -0.4 is 10.6 Å². The molecule has 1 aromatic rings. The second kappa shape index (κ2) is 9.02. The fourth-order valence-corrected chi connectivity index (χ4v) is 2.36. The van der Waals surface area contributed by atoms with Crippen molar-refractivity contribution in [2.45, 2.75) is 32.3 Å². The van der Waals surface area contributed by atoms with Gasteiger partial charge in [0.05, 0.1) is 12.5 Å². The lowest BCUT2D eigenvalue weighted by molar-refractivity contribution is -0.148.